The highest BCUT2D eigenvalue weighted by atomic mass is 32.1. The number of carbonyl (C=O) groups is 2. The van der Waals surface area contributed by atoms with E-state index in [1.807, 2.05) is 24.3 Å². The number of aliphatic carboxylic acids is 1. The Hall–Kier alpha value is -2.41. The van der Waals surface area contributed by atoms with Crippen molar-refractivity contribution >= 4 is 23.2 Å². The molecule has 7 heteroatoms. The third-order valence-corrected chi connectivity index (χ3v) is 4.61. The maximum absolute atomic E-state index is 12.2. The van der Waals surface area contributed by atoms with Crippen LogP contribution in [0.1, 0.15) is 23.5 Å². The summed E-state index contributed by atoms with van der Waals surface area (Å²) in [5.74, 6) is -1.17. The van der Waals surface area contributed by atoms with Gasteiger partial charge in [0, 0.05) is 11.6 Å². The Morgan fingerprint density at radius 1 is 1.26 bits per heavy atom. The average molecular weight is 334 g/mol. The molecule has 2 rings (SSSR count). The third kappa shape index (κ3) is 4.07. The summed E-state index contributed by atoms with van der Waals surface area (Å²) < 4.78 is 5.10. The number of carboxylic acids is 1. The van der Waals surface area contributed by atoms with Crippen molar-refractivity contribution in [1.29, 1.82) is 0 Å². The van der Waals surface area contributed by atoms with E-state index in [4.69, 9.17) is 9.84 Å². The second-order valence-electron chi connectivity index (χ2n) is 5.15. The van der Waals surface area contributed by atoms with E-state index in [2.05, 4.69) is 10.3 Å². The molecule has 0 spiro atoms. The molecule has 1 heterocycles. The normalized spacial score (nSPS) is 13.2. The minimum atomic E-state index is -0.943. The van der Waals surface area contributed by atoms with Crippen LogP contribution < -0.4 is 10.1 Å². The Morgan fingerprint density at radius 3 is 2.48 bits per heavy atom. The van der Waals surface area contributed by atoms with Gasteiger partial charge in [-0.25, -0.2) is 4.98 Å². The minimum absolute atomic E-state index is 0.317. The number of benzene rings is 1. The smallest absolute Gasteiger partial charge is 0.308 e. The number of rotatable bonds is 6. The summed E-state index contributed by atoms with van der Waals surface area (Å²) in [5, 5.41) is 12.4. The number of ether oxygens (including phenoxy) is 1. The van der Waals surface area contributed by atoms with Crippen LogP contribution >= 0.6 is 11.3 Å². The second-order valence-corrected chi connectivity index (χ2v) is 6.18. The molecule has 2 N–H and O–H groups in total. The number of carbonyl (C=O) groups excluding carboxylic acids is 1. The molecule has 0 aliphatic heterocycles. The lowest BCUT2D eigenvalue weighted by Gasteiger charge is -2.16. The van der Waals surface area contributed by atoms with Gasteiger partial charge in [0.1, 0.15) is 15.6 Å². The van der Waals surface area contributed by atoms with Gasteiger partial charge in [-0.3, -0.25) is 9.59 Å². The third-order valence-electron chi connectivity index (χ3n) is 3.56. The molecule has 0 aliphatic rings. The molecular formula is C16H18N2O4S. The zero-order chi connectivity index (χ0) is 17.0. The monoisotopic (exact) mass is 334 g/mol. The van der Waals surface area contributed by atoms with E-state index in [-0.39, 0.29) is 5.91 Å². The molecule has 0 saturated heterocycles. The van der Waals surface area contributed by atoms with Crippen LogP contribution in [0.2, 0.25) is 0 Å². The van der Waals surface area contributed by atoms with Crippen LogP contribution in [-0.4, -0.2) is 35.1 Å². The summed E-state index contributed by atoms with van der Waals surface area (Å²) in [6.45, 7) is 3.23. The highest BCUT2D eigenvalue weighted by molar-refractivity contribution is 7.16. The van der Waals surface area contributed by atoms with Crippen LogP contribution in [-0.2, 0) is 4.79 Å². The largest absolute Gasteiger partial charge is 0.497 e. The topological polar surface area (TPSA) is 88.5 Å². The number of hydrogen-bond donors (Lipinski definition) is 2. The van der Waals surface area contributed by atoms with E-state index in [0.29, 0.717) is 4.88 Å². The molecule has 0 radical (unpaired) electrons. The molecule has 6 nitrogen and oxygen atoms in total. The van der Waals surface area contributed by atoms with Gasteiger partial charge < -0.3 is 15.2 Å². The minimum Gasteiger partial charge on any atom is -0.497 e. The number of carboxylic acid groups (broad SMARTS) is 1. The number of amides is 1. The maximum atomic E-state index is 12.2. The fourth-order valence-corrected chi connectivity index (χ4v) is 2.69. The predicted molar refractivity (Wildman–Crippen MR) is 87.8 cm³/mol. The fraction of sp³-hybridized carbons (Fsp3) is 0.312. The lowest BCUT2D eigenvalue weighted by molar-refractivity contribution is -0.141. The molecule has 1 aromatic heterocycles. The number of thiazole rings is 1. The van der Waals surface area contributed by atoms with Crippen molar-refractivity contribution in [2.45, 2.75) is 19.9 Å². The number of methoxy groups -OCH3 is 1. The van der Waals surface area contributed by atoms with Gasteiger partial charge in [-0.1, -0.05) is 0 Å². The first-order valence-corrected chi connectivity index (χ1v) is 7.88. The summed E-state index contributed by atoms with van der Waals surface area (Å²) in [7, 11) is 1.60. The zero-order valence-electron chi connectivity index (χ0n) is 13.1. The first-order valence-electron chi connectivity index (χ1n) is 7.06. The number of nitrogens with one attached hydrogen (secondary N) is 1. The van der Waals surface area contributed by atoms with Gasteiger partial charge in [-0.15, -0.1) is 11.3 Å². The van der Waals surface area contributed by atoms with Crippen LogP contribution in [0, 0.1) is 5.92 Å². The summed E-state index contributed by atoms with van der Waals surface area (Å²) in [6.07, 6.45) is 1.50. The standard InChI is InChI=1S/C16H18N2O4S/c1-9(16(20)21)10(2)18-14(19)13-8-17-15(23-13)11-4-6-12(22-3)7-5-11/h4-10H,1-3H3,(H,18,19)(H,20,21). The molecule has 2 aromatic rings. The predicted octanol–water partition coefficient (Wildman–Crippen LogP) is 2.66. The number of aromatic nitrogens is 1. The van der Waals surface area contributed by atoms with E-state index < -0.39 is 17.9 Å². The average Bonchev–Trinajstić information content (AvgIpc) is 3.04. The van der Waals surface area contributed by atoms with Crippen molar-refractivity contribution in [3.05, 3.63) is 35.3 Å². The lowest BCUT2D eigenvalue weighted by atomic mass is 10.0. The van der Waals surface area contributed by atoms with Gasteiger partial charge in [0.05, 0.1) is 19.2 Å². The highest BCUT2D eigenvalue weighted by Crippen LogP contribution is 2.26. The van der Waals surface area contributed by atoms with Crippen molar-refractivity contribution in [3.63, 3.8) is 0 Å². The van der Waals surface area contributed by atoms with Crippen molar-refractivity contribution in [2.24, 2.45) is 5.92 Å². The molecule has 2 unspecified atom stereocenters. The van der Waals surface area contributed by atoms with E-state index >= 15 is 0 Å². The van der Waals surface area contributed by atoms with Crippen molar-refractivity contribution in [3.8, 4) is 16.3 Å². The van der Waals surface area contributed by atoms with Crippen LogP contribution in [0.4, 0.5) is 0 Å². The molecule has 0 saturated carbocycles. The first kappa shape index (κ1) is 17.0. The summed E-state index contributed by atoms with van der Waals surface area (Å²) in [6, 6.07) is 6.93. The van der Waals surface area contributed by atoms with Gasteiger partial charge >= 0.3 is 5.97 Å². The molecule has 2 atom stereocenters. The highest BCUT2D eigenvalue weighted by Gasteiger charge is 2.22. The van der Waals surface area contributed by atoms with Gasteiger partial charge in [-0.2, -0.15) is 0 Å². The molecule has 122 valence electrons. The Labute approximate surface area is 138 Å². The fourth-order valence-electron chi connectivity index (χ4n) is 1.86. The summed E-state index contributed by atoms with van der Waals surface area (Å²) in [4.78, 5) is 27.8. The number of hydrogen-bond acceptors (Lipinski definition) is 5. The van der Waals surface area contributed by atoms with Crippen LogP contribution in [0.5, 0.6) is 5.75 Å². The Kier molecular flexibility index (Phi) is 5.33. The van der Waals surface area contributed by atoms with Crippen molar-refractivity contribution < 1.29 is 19.4 Å². The Bertz CT molecular complexity index is 696. The Balaban J connectivity index is 2.08. The summed E-state index contributed by atoms with van der Waals surface area (Å²) >= 11 is 1.26. The first-order chi connectivity index (χ1) is 10.9. The molecule has 23 heavy (non-hydrogen) atoms. The van der Waals surface area contributed by atoms with Crippen molar-refractivity contribution in [1.82, 2.24) is 10.3 Å². The Morgan fingerprint density at radius 2 is 1.91 bits per heavy atom. The molecule has 0 bridgehead atoms. The van der Waals surface area contributed by atoms with E-state index in [9.17, 15) is 9.59 Å². The van der Waals surface area contributed by atoms with Gasteiger partial charge in [0.15, 0.2) is 0 Å². The number of nitrogens with zero attached hydrogens (tertiary/aromatic N) is 1. The maximum Gasteiger partial charge on any atom is 0.308 e. The SMILES string of the molecule is COc1ccc(-c2ncc(C(=O)NC(C)C(C)C(=O)O)s2)cc1. The quantitative estimate of drug-likeness (QED) is 0.848. The van der Waals surface area contributed by atoms with Crippen LogP contribution in [0.3, 0.4) is 0 Å². The molecular weight excluding hydrogens is 316 g/mol. The molecule has 1 aromatic carbocycles. The van der Waals surface area contributed by atoms with Crippen LogP contribution in [0.25, 0.3) is 10.6 Å². The lowest BCUT2D eigenvalue weighted by Crippen LogP contribution is -2.39. The van der Waals surface area contributed by atoms with Gasteiger partial charge in [-0.05, 0) is 38.1 Å². The summed E-state index contributed by atoms with van der Waals surface area (Å²) in [5.41, 5.74) is 0.891. The van der Waals surface area contributed by atoms with E-state index in [0.717, 1.165) is 16.3 Å². The second kappa shape index (κ2) is 7.23. The molecule has 0 aliphatic carbocycles. The molecule has 0 fully saturated rings. The molecule has 1 amide bonds. The van der Waals surface area contributed by atoms with Crippen molar-refractivity contribution in [2.75, 3.05) is 7.11 Å². The van der Waals surface area contributed by atoms with Gasteiger partial charge in [0.25, 0.3) is 5.91 Å². The van der Waals surface area contributed by atoms with E-state index in [1.165, 1.54) is 17.5 Å². The van der Waals surface area contributed by atoms with Crippen LogP contribution in [0.15, 0.2) is 30.5 Å². The van der Waals surface area contributed by atoms with Gasteiger partial charge in [0.2, 0.25) is 0 Å². The van der Waals surface area contributed by atoms with E-state index in [1.54, 1.807) is 21.0 Å². The zero-order valence-corrected chi connectivity index (χ0v) is 13.9.